The van der Waals surface area contributed by atoms with Crippen molar-refractivity contribution in [3.63, 3.8) is 0 Å². The van der Waals surface area contributed by atoms with E-state index in [0.717, 1.165) is 24.3 Å². The van der Waals surface area contributed by atoms with Gasteiger partial charge in [0.1, 0.15) is 0 Å². The Kier molecular flexibility index (Phi) is 4.30. The molecule has 3 nitrogen and oxygen atoms in total. The second-order valence-corrected chi connectivity index (χ2v) is 5.28. The number of hydrogen-bond donors (Lipinski definition) is 1. The smallest absolute Gasteiger partial charge is 0.0543 e. The van der Waals surface area contributed by atoms with Crippen LogP contribution in [0.15, 0.2) is 54.7 Å². The first-order chi connectivity index (χ1) is 9.08. The first-order valence-corrected chi connectivity index (χ1v) is 6.51. The van der Waals surface area contributed by atoms with E-state index in [4.69, 9.17) is 5.73 Å². The number of aromatic nitrogens is 1. The number of rotatable bonds is 5. The summed E-state index contributed by atoms with van der Waals surface area (Å²) in [5, 5.41) is 0. The molecule has 2 N–H and O–H groups in total. The maximum atomic E-state index is 6.43. The summed E-state index contributed by atoms with van der Waals surface area (Å²) in [5.74, 6) is 0. The Morgan fingerprint density at radius 1 is 1.11 bits per heavy atom. The van der Waals surface area contributed by atoms with Gasteiger partial charge in [0.2, 0.25) is 0 Å². The molecule has 0 saturated heterocycles. The normalized spacial score (nSPS) is 14.3. The monoisotopic (exact) mass is 255 g/mol. The molecule has 1 heterocycles. The molecular formula is C16H21N3. The van der Waals surface area contributed by atoms with Crippen molar-refractivity contribution in [3.05, 3.63) is 66.0 Å². The Bertz CT molecular complexity index is 494. The Hall–Kier alpha value is -1.71. The second-order valence-electron chi connectivity index (χ2n) is 5.28. The molecule has 100 valence electrons. The molecule has 0 aliphatic carbocycles. The average Bonchev–Trinajstić information content (AvgIpc) is 2.40. The van der Waals surface area contributed by atoms with Gasteiger partial charge in [0, 0.05) is 19.3 Å². The third kappa shape index (κ3) is 3.88. The molecule has 19 heavy (non-hydrogen) atoms. The molecule has 1 atom stereocenters. The van der Waals surface area contributed by atoms with Crippen LogP contribution >= 0.6 is 0 Å². The van der Waals surface area contributed by atoms with Crippen LogP contribution in [-0.2, 0) is 12.1 Å². The number of nitrogens with zero attached hydrogens (tertiary/aromatic N) is 2. The Morgan fingerprint density at radius 2 is 1.79 bits per heavy atom. The number of likely N-dealkylation sites (N-methyl/N-ethyl adjacent to an activating group) is 1. The minimum Gasteiger partial charge on any atom is -0.321 e. The highest BCUT2D eigenvalue weighted by Gasteiger charge is 2.22. The lowest BCUT2D eigenvalue weighted by atomic mass is 9.93. The third-order valence-electron chi connectivity index (χ3n) is 3.19. The summed E-state index contributed by atoms with van der Waals surface area (Å²) in [4.78, 5) is 6.54. The third-order valence-corrected chi connectivity index (χ3v) is 3.19. The van der Waals surface area contributed by atoms with Crippen molar-refractivity contribution in [2.45, 2.75) is 19.0 Å². The number of pyridine rings is 1. The van der Waals surface area contributed by atoms with Crippen LogP contribution in [-0.4, -0.2) is 23.5 Å². The lowest BCUT2D eigenvalue weighted by Crippen LogP contribution is -2.43. The van der Waals surface area contributed by atoms with Gasteiger partial charge in [-0.3, -0.25) is 9.88 Å². The van der Waals surface area contributed by atoms with Gasteiger partial charge in [0.05, 0.1) is 11.2 Å². The summed E-state index contributed by atoms with van der Waals surface area (Å²) in [6, 6.07) is 16.2. The van der Waals surface area contributed by atoms with Crippen LogP contribution in [0.3, 0.4) is 0 Å². The van der Waals surface area contributed by atoms with E-state index in [1.165, 1.54) is 0 Å². The van der Waals surface area contributed by atoms with Crippen LogP contribution in [0.5, 0.6) is 0 Å². The topological polar surface area (TPSA) is 42.2 Å². The molecule has 1 unspecified atom stereocenters. The molecule has 0 spiro atoms. The lowest BCUT2D eigenvalue weighted by Gasteiger charge is -2.30. The number of benzene rings is 1. The van der Waals surface area contributed by atoms with E-state index in [2.05, 4.69) is 36.0 Å². The standard InChI is InChI=1S/C16H21N3/c1-16(17,14-8-4-3-5-9-14)13-19(2)12-15-10-6-7-11-18-15/h3-11H,12-13,17H2,1-2H3. The fourth-order valence-electron chi connectivity index (χ4n) is 2.29. The molecular weight excluding hydrogens is 234 g/mol. The molecule has 0 bridgehead atoms. The first kappa shape index (κ1) is 13.7. The summed E-state index contributed by atoms with van der Waals surface area (Å²) in [5.41, 5.74) is 8.29. The van der Waals surface area contributed by atoms with E-state index in [9.17, 15) is 0 Å². The van der Waals surface area contributed by atoms with Crippen molar-refractivity contribution in [2.24, 2.45) is 5.73 Å². The summed E-state index contributed by atoms with van der Waals surface area (Å²) >= 11 is 0. The van der Waals surface area contributed by atoms with E-state index < -0.39 is 0 Å². The van der Waals surface area contributed by atoms with Crippen LogP contribution in [0.4, 0.5) is 0 Å². The summed E-state index contributed by atoms with van der Waals surface area (Å²) in [6.07, 6.45) is 1.82. The lowest BCUT2D eigenvalue weighted by molar-refractivity contribution is 0.250. The number of hydrogen-bond acceptors (Lipinski definition) is 3. The van der Waals surface area contributed by atoms with Crippen LogP contribution in [0.1, 0.15) is 18.2 Å². The minimum atomic E-state index is -0.356. The molecule has 0 amide bonds. The van der Waals surface area contributed by atoms with Crippen LogP contribution in [0.2, 0.25) is 0 Å². The fourth-order valence-corrected chi connectivity index (χ4v) is 2.29. The van der Waals surface area contributed by atoms with Gasteiger partial charge in [0.15, 0.2) is 0 Å². The second kappa shape index (κ2) is 5.95. The van der Waals surface area contributed by atoms with E-state index in [1.807, 2.05) is 42.6 Å². The predicted molar refractivity (Wildman–Crippen MR) is 78.6 cm³/mol. The molecule has 0 aliphatic heterocycles. The highest BCUT2D eigenvalue weighted by Crippen LogP contribution is 2.18. The van der Waals surface area contributed by atoms with Crippen molar-refractivity contribution < 1.29 is 0 Å². The predicted octanol–water partition coefficient (Wildman–Crippen LogP) is 2.39. The van der Waals surface area contributed by atoms with Crippen molar-refractivity contribution in [2.75, 3.05) is 13.6 Å². The van der Waals surface area contributed by atoms with Crippen LogP contribution in [0.25, 0.3) is 0 Å². The summed E-state index contributed by atoms with van der Waals surface area (Å²) < 4.78 is 0. The quantitative estimate of drug-likeness (QED) is 0.892. The van der Waals surface area contributed by atoms with Crippen LogP contribution in [0, 0.1) is 0 Å². The van der Waals surface area contributed by atoms with Gasteiger partial charge in [0.25, 0.3) is 0 Å². The highest BCUT2D eigenvalue weighted by atomic mass is 15.1. The van der Waals surface area contributed by atoms with E-state index in [0.29, 0.717) is 0 Å². The zero-order valence-corrected chi connectivity index (χ0v) is 11.6. The fraction of sp³-hybridized carbons (Fsp3) is 0.312. The molecule has 2 rings (SSSR count). The molecule has 0 radical (unpaired) electrons. The van der Waals surface area contributed by atoms with Gasteiger partial charge in [-0.2, -0.15) is 0 Å². The first-order valence-electron chi connectivity index (χ1n) is 6.51. The van der Waals surface area contributed by atoms with Gasteiger partial charge in [-0.15, -0.1) is 0 Å². The SMILES string of the molecule is CN(Cc1ccccn1)CC(C)(N)c1ccccc1. The van der Waals surface area contributed by atoms with Gasteiger partial charge < -0.3 is 5.73 Å². The molecule has 2 aromatic rings. The number of nitrogens with two attached hydrogens (primary N) is 1. The van der Waals surface area contributed by atoms with Crippen molar-refractivity contribution >= 4 is 0 Å². The van der Waals surface area contributed by atoms with Gasteiger partial charge in [-0.25, -0.2) is 0 Å². The van der Waals surface area contributed by atoms with E-state index in [1.54, 1.807) is 0 Å². The Balaban J connectivity index is 2.00. The van der Waals surface area contributed by atoms with E-state index in [-0.39, 0.29) is 5.54 Å². The Labute approximate surface area is 115 Å². The molecule has 0 aliphatic rings. The van der Waals surface area contributed by atoms with E-state index >= 15 is 0 Å². The largest absolute Gasteiger partial charge is 0.321 e. The van der Waals surface area contributed by atoms with Crippen molar-refractivity contribution in [3.8, 4) is 0 Å². The van der Waals surface area contributed by atoms with Crippen LogP contribution < -0.4 is 5.73 Å². The molecule has 3 heteroatoms. The molecule has 1 aromatic carbocycles. The zero-order valence-electron chi connectivity index (χ0n) is 11.6. The maximum Gasteiger partial charge on any atom is 0.0543 e. The molecule has 1 aromatic heterocycles. The van der Waals surface area contributed by atoms with Crippen molar-refractivity contribution in [1.29, 1.82) is 0 Å². The maximum absolute atomic E-state index is 6.43. The molecule has 0 fully saturated rings. The average molecular weight is 255 g/mol. The summed E-state index contributed by atoms with van der Waals surface area (Å²) in [6.45, 7) is 3.66. The van der Waals surface area contributed by atoms with Gasteiger partial charge in [-0.1, -0.05) is 36.4 Å². The Morgan fingerprint density at radius 3 is 2.42 bits per heavy atom. The van der Waals surface area contributed by atoms with Crippen molar-refractivity contribution in [1.82, 2.24) is 9.88 Å². The zero-order chi connectivity index (χ0) is 13.7. The van der Waals surface area contributed by atoms with Gasteiger partial charge in [-0.05, 0) is 31.7 Å². The van der Waals surface area contributed by atoms with Gasteiger partial charge >= 0.3 is 0 Å². The summed E-state index contributed by atoms with van der Waals surface area (Å²) in [7, 11) is 2.07. The molecule has 0 saturated carbocycles. The highest BCUT2D eigenvalue weighted by molar-refractivity contribution is 5.23. The minimum absolute atomic E-state index is 0.356.